The summed E-state index contributed by atoms with van der Waals surface area (Å²) in [5, 5.41) is 4.79. The highest BCUT2D eigenvalue weighted by atomic mass is 16.2. The third-order valence-electron chi connectivity index (χ3n) is 6.46. The number of rotatable bonds is 3. The molecule has 5 rings (SSSR count). The van der Waals surface area contributed by atoms with E-state index in [1.54, 1.807) is 0 Å². The molecule has 2 amide bonds. The van der Waals surface area contributed by atoms with Crippen LogP contribution in [0.3, 0.4) is 0 Å². The Kier molecular flexibility index (Phi) is 4.03. The van der Waals surface area contributed by atoms with Crippen molar-refractivity contribution in [1.82, 2.24) is 14.7 Å². The van der Waals surface area contributed by atoms with Crippen molar-refractivity contribution < 1.29 is 9.59 Å². The molecule has 6 nitrogen and oxygen atoms in total. The molecular formula is C22H26N4O2. The van der Waals surface area contributed by atoms with Crippen molar-refractivity contribution in [3.05, 3.63) is 47.7 Å². The van der Waals surface area contributed by atoms with E-state index in [9.17, 15) is 9.59 Å². The zero-order valence-electron chi connectivity index (χ0n) is 16.3. The van der Waals surface area contributed by atoms with E-state index < -0.39 is 0 Å². The van der Waals surface area contributed by atoms with Crippen molar-refractivity contribution in [1.29, 1.82) is 0 Å². The Morgan fingerprint density at radius 3 is 2.57 bits per heavy atom. The lowest BCUT2D eigenvalue weighted by Crippen LogP contribution is -2.55. The first-order chi connectivity index (χ1) is 13.6. The number of aromatic nitrogens is 2. The first kappa shape index (κ1) is 17.5. The second kappa shape index (κ2) is 6.47. The molecule has 2 aromatic rings. The van der Waals surface area contributed by atoms with Gasteiger partial charge < -0.3 is 4.90 Å². The maximum atomic E-state index is 13.0. The minimum absolute atomic E-state index is 0.0739. The molecule has 1 aliphatic carbocycles. The van der Waals surface area contributed by atoms with Gasteiger partial charge in [-0.1, -0.05) is 18.2 Å². The number of likely N-dealkylation sites (tertiary alicyclic amines) is 1. The summed E-state index contributed by atoms with van der Waals surface area (Å²) in [6.07, 6.45) is 4.46. The summed E-state index contributed by atoms with van der Waals surface area (Å²) in [6.45, 7) is 4.12. The number of anilines is 1. The highest BCUT2D eigenvalue weighted by molar-refractivity contribution is 5.95. The van der Waals surface area contributed by atoms with Gasteiger partial charge in [0.05, 0.1) is 17.7 Å². The van der Waals surface area contributed by atoms with E-state index in [-0.39, 0.29) is 17.4 Å². The zero-order chi connectivity index (χ0) is 19.3. The summed E-state index contributed by atoms with van der Waals surface area (Å²) in [4.78, 5) is 29.7. The first-order valence-corrected chi connectivity index (χ1v) is 10.3. The van der Waals surface area contributed by atoms with Crippen molar-refractivity contribution in [2.24, 2.45) is 5.92 Å². The molecule has 0 atom stereocenters. The monoisotopic (exact) mass is 378 g/mol. The van der Waals surface area contributed by atoms with E-state index >= 15 is 0 Å². The standard InChI is InChI=1S/C22H26N4O2/c1-16-13-19-25(15-17-7-8-17)20(27)14-22(26(19)23-16)9-11-24(12-10-22)21(28)18-5-3-2-4-6-18/h2-6,13,17H,7-12,14-15H2,1H3. The van der Waals surface area contributed by atoms with Gasteiger partial charge in [-0.2, -0.15) is 5.10 Å². The summed E-state index contributed by atoms with van der Waals surface area (Å²) in [5.41, 5.74) is 1.38. The fourth-order valence-corrected chi connectivity index (χ4v) is 4.64. The highest BCUT2D eigenvalue weighted by Crippen LogP contribution is 2.43. The van der Waals surface area contributed by atoms with Gasteiger partial charge >= 0.3 is 0 Å². The quantitative estimate of drug-likeness (QED) is 0.825. The molecular weight excluding hydrogens is 352 g/mol. The van der Waals surface area contributed by atoms with E-state index in [4.69, 9.17) is 5.10 Å². The maximum absolute atomic E-state index is 13.0. The molecule has 2 aliphatic heterocycles. The molecule has 1 saturated carbocycles. The average Bonchev–Trinajstić information content (AvgIpc) is 3.45. The molecule has 1 aromatic heterocycles. The van der Waals surface area contributed by atoms with Crippen LogP contribution in [-0.4, -0.2) is 46.1 Å². The zero-order valence-corrected chi connectivity index (χ0v) is 16.3. The highest BCUT2D eigenvalue weighted by Gasteiger charge is 2.47. The summed E-state index contributed by atoms with van der Waals surface area (Å²) in [6, 6.07) is 11.5. The van der Waals surface area contributed by atoms with Gasteiger partial charge in [-0.3, -0.25) is 14.5 Å². The second-order valence-electron chi connectivity index (χ2n) is 8.56. The third kappa shape index (κ3) is 2.91. The molecule has 0 radical (unpaired) electrons. The van der Waals surface area contributed by atoms with E-state index in [0.717, 1.165) is 36.5 Å². The summed E-state index contributed by atoms with van der Waals surface area (Å²) in [7, 11) is 0. The number of hydrogen-bond donors (Lipinski definition) is 0. The smallest absolute Gasteiger partial charge is 0.253 e. The Hall–Kier alpha value is -2.63. The molecule has 3 heterocycles. The molecule has 1 aromatic carbocycles. The van der Waals surface area contributed by atoms with Crippen molar-refractivity contribution in [3.8, 4) is 0 Å². The van der Waals surface area contributed by atoms with Gasteiger partial charge in [-0.05, 0) is 50.7 Å². The number of hydrogen-bond acceptors (Lipinski definition) is 3. The molecule has 2 fully saturated rings. The second-order valence-corrected chi connectivity index (χ2v) is 8.56. The minimum Gasteiger partial charge on any atom is -0.338 e. The number of fused-ring (bicyclic) bond motifs is 2. The van der Waals surface area contributed by atoms with Crippen LogP contribution in [0.15, 0.2) is 36.4 Å². The predicted molar refractivity (Wildman–Crippen MR) is 106 cm³/mol. The third-order valence-corrected chi connectivity index (χ3v) is 6.46. The van der Waals surface area contributed by atoms with Crippen LogP contribution < -0.4 is 4.90 Å². The van der Waals surface area contributed by atoms with Gasteiger partial charge in [-0.25, -0.2) is 4.68 Å². The molecule has 0 N–H and O–H groups in total. The molecule has 1 spiro atoms. The van der Waals surface area contributed by atoms with Crippen molar-refractivity contribution >= 4 is 17.6 Å². The molecule has 6 heteroatoms. The summed E-state index contributed by atoms with van der Waals surface area (Å²) >= 11 is 0. The van der Waals surface area contributed by atoms with Crippen LogP contribution in [0, 0.1) is 12.8 Å². The molecule has 3 aliphatic rings. The Morgan fingerprint density at radius 1 is 1.18 bits per heavy atom. The lowest BCUT2D eigenvalue weighted by molar-refractivity contribution is -0.122. The summed E-state index contributed by atoms with van der Waals surface area (Å²) < 4.78 is 2.11. The Labute approximate surface area is 165 Å². The molecule has 0 bridgehead atoms. The maximum Gasteiger partial charge on any atom is 0.253 e. The van der Waals surface area contributed by atoms with Gasteiger partial charge in [-0.15, -0.1) is 0 Å². The fraction of sp³-hybridized carbons (Fsp3) is 0.500. The van der Waals surface area contributed by atoms with Crippen LogP contribution in [0.4, 0.5) is 5.82 Å². The normalized spacial score (nSPS) is 21.1. The Morgan fingerprint density at radius 2 is 1.89 bits per heavy atom. The lowest BCUT2D eigenvalue weighted by atomic mass is 9.82. The first-order valence-electron chi connectivity index (χ1n) is 10.3. The van der Waals surface area contributed by atoms with Crippen LogP contribution in [0.1, 0.15) is 48.2 Å². The number of nitrogens with zero attached hydrogens (tertiary/aromatic N) is 4. The van der Waals surface area contributed by atoms with Gasteiger partial charge in [0.25, 0.3) is 5.91 Å². The molecule has 0 unspecified atom stereocenters. The van der Waals surface area contributed by atoms with E-state index in [1.807, 2.05) is 53.1 Å². The van der Waals surface area contributed by atoms with Crippen LogP contribution in [-0.2, 0) is 10.3 Å². The number of aryl methyl sites for hydroxylation is 1. The van der Waals surface area contributed by atoms with Crippen LogP contribution >= 0.6 is 0 Å². The van der Waals surface area contributed by atoms with Crippen LogP contribution in [0.5, 0.6) is 0 Å². The number of carbonyl (C=O) groups excluding carboxylic acids is 2. The Balaban J connectivity index is 1.38. The number of benzene rings is 1. The summed E-state index contributed by atoms with van der Waals surface area (Å²) in [5.74, 6) is 1.88. The lowest BCUT2D eigenvalue weighted by Gasteiger charge is -2.46. The largest absolute Gasteiger partial charge is 0.338 e. The van der Waals surface area contributed by atoms with Gasteiger partial charge in [0.15, 0.2) is 0 Å². The average molecular weight is 378 g/mol. The van der Waals surface area contributed by atoms with Gasteiger partial charge in [0, 0.05) is 31.3 Å². The van der Waals surface area contributed by atoms with E-state index in [2.05, 4.69) is 4.68 Å². The molecule has 146 valence electrons. The Bertz CT molecular complexity index is 908. The van der Waals surface area contributed by atoms with Crippen LogP contribution in [0.2, 0.25) is 0 Å². The SMILES string of the molecule is Cc1cc2n(n1)C1(CCN(C(=O)c3ccccc3)CC1)CC(=O)N2CC1CC1. The van der Waals surface area contributed by atoms with Crippen molar-refractivity contribution in [3.63, 3.8) is 0 Å². The van der Waals surface area contributed by atoms with Crippen molar-refractivity contribution in [2.45, 2.75) is 44.6 Å². The number of piperidine rings is 1. The topological polar surface area (TPSA) is 58.4 Å². The minimum atomic E-state index is -0.297. The van der Waals surface area contributed by atoms with Gasteiger partial charge in [0.2, 0.25) is 5.91 Å². The van der Waals surface area contributed by atoms with Gasteiger partial charge in [0.1, 0.15) is 5.82 Å². The fourth-order valence-electron chi connectivity index (χ4n) is 4.64. The molecule has 1 saturated heterocycles. The van der Waals surface area contributed by atoms with E-state index in [1.165, 1.54) is 12.8 Å². The number of carbonyl (C=O) groups is 2. The predicted octanol–water partition coefficient (Wildman–Crippen LogP) is 2.97. The molecule has 28 heavy (non-hydrogen) atoms. The van der Waals surface area contributed by atoms with Crippen molar-refractivity contribution in [2.75, 3.05) is 24.5 Å². The number of amides is 2. The van der Waals surface area contributed by atoms with Crippen LogP contribution in [0.25, 0.3) is 0 Å². The van der Waals surface area contributed by atoms with E-state index in [0.29, 0.717) is 25.4 Å².